The molecule has 27 heavy (non-hydrogen) atoms. The van der Waals surface area contributed by atoms with Gasteiger partial charge in [0.25, 0.3) is 5.91 Å². The van der Waals surface area contributed by atoms with Crippen LogP contribution in [0, 0.1) is 11.3 Å². The van der Waals surface area contributed by atoms with Crippen molar-refractivity contribution in [2.24, 2.45) is 0 Å². The van der Waals surface area contributed by atoms with Gasteiger partial charge in [0.05, 0.1) is 10.0 Å². The van der Waals surface area contributed by atoms with E-state index in [0.29, 0.717) is 17.0 Å². The Bertz CT molecular complexity index is 890. The molecule has 0 aromatic heterocycles. The van der Waals surface area contributed by atoms with Crippen molar-refractivity contribution < 1.29 is 9.53 Å². The zero-order chi connectivity index (χ0) is 19.8. The quantitative estimate of drug-likeness (QED) is 0.370. The van der Waals surface area contributed by atoms with Crippen LogP contribution in [0.3, 0.4) is 0 Å². The van der Waals surface area contributed by atoms with Crippen LogP contribution in [0.1, 0.15) is 18.1 Å². The highest BCUT2D eigenvalue weighted by Crippen LogP contribution is 2.35. The van der Waals surface area contributed by atoms with Crippen molar-refractivity contribution in [2.45, 2.75) is 13.3 Å². The number of halogens is 2. The molecule has 0 aliphatic heterocycles. The summed E-state index contributed by atoms with van der Waals surface area (Å²) in [7, 11) is 0. The highest BCUT2D eigenvalue weighted by molar-refractivity contribution is 6.37. The van der Waals surface area contributed by atoms with Gasteiger partial charge in [-0.1, -0.05) is 54.9 Å². The Labute approximate surface area is 168 Å². The van der Waals surface area contributed by atoms with E-state index in [2.05, 4.69) is 11.9 Å². The van der Waals surface area contributed by atoms with Crippen molar-refractivity contribution in [1.82, 2.24) is 0 Å². The van der Waals surface area contributed by atoms with Gasteiger partial charge in [-0.15, -0.1) is 0 Å². The van der Waals surface area contributed by atoms with E-state index >= 15 is 0 Å². The van der Waals surface area contributed by atoms with Crippen LogP contribution in [0.15, 0.2) is 54.6 Å². The minimum absolute atomic E-state index is 0.0681. The molecular weight excluding hydrogens is 383 g/mol. The SMILES string of the molecule is C=CCOc1c(Cl)cc(/C=C(\C#N)C(=O)Nc2ccc(CC)cc2)cc1Cl. The predicted molar refractivity (Wildman–Crippen MR) is 110 cm³/mol. The lowest BCUT2D eigenvalue weighted by Gasteiger charge is -2.09. The third-order valence-electron chi connectivity index (χ3n) is 3.66. The topological polar surface area (TPSA) is 62.1 Å². The number of rotatable bonds is 7. The highest BCUT2D eigenvalue weighted by Gasteiger charge is 2.13. The molecule has 0 spiro atoms. The summed E-state index contributed by atoms with van der Waals surface area (Å²) in [4.78, 5) is 12.4. The molecule has 2 aromatic rings. The van der Waals surface area contributed by atoms with Gasteiger partial charge < -0.3 is 10.1 Å². The van der Waals surface area contributed by atoms with Crippen molar-refractivity contribution in [3.63, 3.8) is 0 Å². The van der Waals surface area contributed by atoms with Crippen LogP contribution in [-0.4, -0.2) is 12.5 Å². The molecule has 2 rings (SSSR count). The second-order valence-electron chi connectivity index (χ2n) is 5.59. The number of hydrogen-bond donors (Lipinski definition) is 1. The molecule has 0 radical (unpaired) electrons. The average Bonchev–Trinajstić information content (AvgIpc) is 2.66. The van der Waals surface area contributed by atoms with Gasteiger partial charge in [0, 0.05) is 5.69 Å². The number of ether oxygens (including phenoxy) is 1. The van der Waals surface area contributed by atoms with Crippen LogP contribution < -0.4 is 10.1 Å². The van der Waals surface area contributed by atoms with Gasteiger partial charge in [-0.05, 0) is 47.9 Å². The molecule has 0 saturated carbocycles. The van der Waals surface area contributed by atoms with Gasteiger partial charge in [0.1, 0.15) is 18.2 Å². The van der Waals surface area contributed by atoms with E-state index in [1.54, 1.807) is 30.3 Å². The molecule has 138 valence electrons. The second kappa shape index (κ2) is 9.82. The van der Waals surface area contributed by atoms with Gasteiger partial charge in [0.15, 0.2) is 5.75 Å². The molecule has 0 unspecified atom stereocenters. The Morgan fingerprint density at radius 2 is 1.89 bits per heavy atom. The molecule has 2 aromatic carbocycles. The fourth-order valence-electron chi connectivity index (χ4n) is 2.28. The number of nitriles is 1. The van der Waals surface area contributed by atoms with Crippen molar-refractivity contribution >= 4 is 40.9 Å². The van der Waals surface area contributed by atoms with E-state index < -0.39 is 5.91 Å². The third kappa shape index (κ3) is 5.62. The number of amides is 1. The van der Waals surface area contributed by atoms with E-state index in [0.717, 1.165) is 12.0 Å². The smallest absolute Gasteiger partial charge is 0.266 e. The number of anilines is 1. The highest BCUT2D eigenvalue weighted by atomic mass is 35.5. The van der Waals surface area contributed by atoms with Gasteiger partial charge >= 0.3 is 0 Å². The Morgan fingerprint density at radius 1 is 1.26 bits per heavy atom. The van der Waals surface area contributed by atoms with Crippen molar-refractivity contribution in [3.05, 3.63) is 75.8 Å². The number of aryl methyl sites for hydroxylation is 1. The van der Waals surface area contributed by atoms with E-state index in [4.69, 9.17) is 27.9 Å². The molecule has 1 amide bonds. The molecule has 0 bridgehead atoms. The summed E-state index contributed by atoms with van der Waals surface area (Å²) < 4.78 is 5.40. The summed E-state index contributed by atoms with van der Waals surface area (Å²) in [6, 6.07) is 12.5. The first kappa shape index (κ1) is 20.6. The summed E-state index contributed by atoms with van der Waals surface area (Å²) >= 11 is 12.4. The minimum Gasteiger partial charge on any atom is -0.486 e. The first-order valence-corrected chi connectivity index (χ1v) is 8.98. The Balaban J connectivity index is 2.22. The first-order valence-electron chi connectivity index (χ1n) is 8.23. The van der Waals surface area contributed by atoms with Crippen molar-refractivity contribution in [1.29, 1.82) is 5.26 Å². The number of nitrogens with zero attached hydrogens (tertiary/aromatic N) is 1. The molecule has 0 atom stereocenters. The van der Waals surface area contributed by atoms with Gasteiger partial charge in [-0.3, -0.25) is 4.79 Å². The molecule has 6 heteroatoms. The first-order chi connectivity index (χ1) is 13.0. The summed E-state index contributed by atoms with van der Waals surface area (Å²) in [5, 5.41) is 12.6. The van der Waals surface area contributed by atoms with Crippen LogP contribution in [-0.2, 0) is 11.2 Å². The summed E-state index contributed by atoms with van der Waals surface area (Å²) in [6.07, 6.45) is 3.90. The zero-order valence-corrected chi connectivity index (χ0v) is 16.3. The predicted octanol–water partition coefficient (Wildman–Crippen LogP) is 5.67. The summed E-state index contributed by atoms with van der Waals surface area (Å²) in [5.74, 6) is -0.185. The maximum atomic E-state index is 12.4. The second-order valence-corrected chi connectivity index (χ2v) is 6.40. The molecule has 0 aliphatic carbocycles. The third-order valence-corrected chi connectivity index (χ3v) is 4.22. The van der Waals surface area contributed by atoms with Crippen molar-refractivity contribution in [3.8, 4) is 11.8 Å². The van der Waals surface area contributed by atoms with E-state index in [-0.39, 0.29) is 22.2 Å². The largest absolute Gasteiger partial charge is 0.486 e. The lowest BCUT2D eigenvalue weighted by molar-refractivity contribution is -0.112. The molecule has 1 N–H and O–H groups in total. The van der Waals surface area contributed by atoms with Crippen LogP contribution >= 0.6 is 23.2 Å². The van der Waals surface area contributed by atoms with Crippen LogP contribution in [0.25, 0.3) is 6.08 Å². The number of benzene rings is 2. The zero-order valence-electron chi connectivity index (χ0n) is 14.8. The fraction of sp³-hybridized carbons (Fsp3) is 0.143. The van der Waals surface area contributed by atoms with Crippen molar-refractivity contribution in [2.75, 3.05) is 11.9 Å². The Morgan fingerprint density at radius 3 is 2.41 bits per heavy atom. The Hall–Kier alpha value is -2.74. The molecule has 0 heterocycles. The number of hydrogen-bond acceptors (Lipinski definition) is 3. The fourth-order valence-corrected chi connectivity index (χ4v) is 2.89. The van der Waals surface area contributed by atoms with Crippen LogP contribution in [0.5, 0.6) is 5.75 Å². The molecule has 0 aliphatic rings. The van der Waals surface area contributed by atoms with E-state index in [1.807, 2.05) is 25.1 Å². The Kier molecular flexibility index (Phi) is 7.48. The molecule has 0 saturated heterocycles. The summed E-state index contributed by atoms with van der Waals surface area (Å²) in [6.45, 7) is 5.88. The number of carbonyl (C=O) groups is 1. The van der Waals surface area contributed by atoms with Crippen LogP contribution in [0.4, 0.5) is 5.69 Å². The summed E-state index contributed by atoms with van der Waals surface area (Å²) in [5.41, 5.74) is 2.22. The lowest BCUT2D eigenvalue weighted by Crippen LogP contribution is -2.13. The lowest BCUT2D eigenvalue weighted by atomic mass is 10.1. The minimum atomic E-state index is -0.513. The molecule has 0 fully saturated rings. The van der Waals surface area contributed by atoms with E-state index in [9.17, 15) is 10.1 Å². The monoisotopic (exact) mass is 400 g/mol. The van der Waals surface area contributed by atoms with E-state index in [1.165, 1.54) is 6.08 Å². The normalized spacial score (nSPS) is 10.8. The molecular formula is C21H18Cl2N2O2. The average molecular weight is 401 g/mol. The van der Waals surface area contributed by atoms with Crippen LogP contribution in [0.2, 0.25) is 10.0 Å². The van der Waals surface area contributed by atoms with Gasteiger partial charge in [-0.2, -0.15) is 5.26 Å². The maximum Gasteiger partial charge on any atom is 0.266 e. The van der Waals surface area contributed by atoms with Gasteiger partial charge in [-0.25, -0.2) is 0 Å². The standard InChI is InChI=1S/C21H18Cl2N2O2/c1-3-9-27-20-18(22)11-15(12-19(20)23)10-16(13-24)21(26)25-17-7-5-14(4-2)6-8-17/h3,5-8,10-12H,1,4,9H2,2H3,(H,25,26)/b16-10+. The molecule has 4 nitrogen and oxygen atoms in total. The van der Waals surface area contributed by atoms with Gasteiger partial charge in [0.2, 0.25) is 0 Å². The maximum absolute atomic E-state index is 12.4. The number of carbonyl (C=O) groups excluding carboxylic acids is 1. The number of nitrogens with one attached hydrogen (secondary N) is 1.